The smallest absolute Gasteiger partial charge is 0.329 e. The summed E-state index contributed by atoms with van der Waals surface area (Å²) in [7, 11) is 0. The van der Waals surface area contributed by atoms with Gasteiger partial charge in [0.25, 0.3) is 5.92 Å². The first-order valence-electron chi connectivity index (χ1n) is 7.33. The zero-order valence-corrected chi connectivity index (χ0v) is 12.3. The van der Waals surface area contributed by atoms with Crippen molar-refractivity contribution < 1.29 is 18.4 Å². The third-order valence-corrected chi connectivity index (χ3v) is 4.33. The summed E-state index contributed by atoms with van der Waals surface area (Å²) in [6.07, 6.45) is 4.42. The van der Waals surface area contributed by atoms with E-state index >= 15 is 0 Å². The van der Waals surface area contributed by atoms with Crippen LogP contribution in [0.1, 0.15) is 19.8 Å². The van der Waals surface area contributed by atoms with Crippen molar-refractivity contribution in [1.29, 1.82) is 0 Å². The lowest BCUT2D eigenvalue weighted by Gasteiger charge is -2.41. The Morgan fingerprint density at radius 3 is 2.82 bits per heavy atom. The third kappa shape index (κ3) is 2.69. The Kier molecular flexibility index (Phi) is 3.62. The van der Waals surface area contributed by atoms with Gasteiger partial charge in [-0.25, -0.2) is 18.6 Å². The van der Waals surface area contributed by atoms with Crippen molar-refractivity contribution in [2.45, 2.75) is 31.7 Å². The summed E-state index contributed by atoms with van der Waals surface area (Å²) in [6.45, 7) is 1.79. The van der Waals surface area contributed by atoms with Gasteiger partial charge >= 0.3 is 6.03 Å². The fourth-order valence-electron chi connectivity index (χ4n) is 3.17. The molecule has 0 N–H and O–H groups in total. The molecule has 3 rings (SSSR count). The van der Waals surface area contributed by atoms with Crippen LogP contribution in [0.5, 0.6) is 0 Å². The van der Waals surface area contributed by atoms with Crippen molar-refractivity contribution in [3.8, 4) is 0 Å². The summed E-state index contributed by atoms with van der Waals surface area (Å²) in [5.41, 5.74) is 0. The van der Waals surface area contributed by atoms with Gasteiger partial charge in [0.1, 0.15) is 6.33 Å². The third-order valence-electron chi connectivity index (χ3n) is 4.33. The Hall–Kier alpha value is -1.99. The number of aromatic nitrogens is 2. The van der Waals surface area contributed by atoms with Gasteiger partial charge in [0, 0.05) is 37.8 Å². The molecule has 0 saturated carbocycles. The minimum Gasteiger partial charge on any atom is -0.337 e. The number of nitrogens with zero attached hydrogens (tertiary/aromatic N) is 4. The highest BCUT2D eigenvalue weighted by atomic mass is 19.3. The summed E-state index contributed by atoms with van der Waals surface area (Å²) >= 11 is 0. The molecule has 2 amide bonds. The first-order chi connectivity index (χ1) is 10.4. The van der Waals surface area contributed by atoms with Gasteiger partial charge in [0.2, 0.25) is 5.91 Å². The van der Waals surface area contributed by atoms with E-state index in [-0.39, 0.29) is 24.8 Å². The number of halogens is 2. The molecule has 2 fully saturated rings. The van der Waals surface area contributed by atoms with Crippen LogP contribution >= 0.6 is 0 Å². The first kappa shape index (κ1) is 14.9. The van der Waals surface area contributed by atoms with Gasteiger partial charge in [0.15, 0.2) is 0 Å². The highest BCUT2D eigenvalue weighted by Gasteiger charge is 2.46. The monoisotopic (exact) mass is 312 g/mol. The second-order valence-electron chi connectivity index (χ2n) is 6.07. The highest BCUT2D eigenvalue weighted by Crippen LogP contribution is 2.32. The highest BCUT2D eigenvalue weighted by molar-refractivity contribution is 5.81. The largest absolute Gasteiger partial charge is 0.337 e. The molecular weight excluding hydrogens is 294 g/mol. The molecule has 120 valence electrons. The van der Waals surface area contributed by atoms with E-state index in [1.165, 1.54) is 28.2 Å². The normalized spacial score (nSPS) is 28.2. The van der Waals surface area contributed by atoms with E-state index in [4.69, 9.17) is 0 Å². The Morgan fingerprint density at radius 2 is 2.23 bits per heavy atom. The van der Waals surface area contributed by atoms with E-state index in [0.29, 0.717) is 13.0 Å². The van der Waals surface area contributed by atoms with Gasteiger partial charge in [-0.05, 0) is 6.42 Å². The number of hydrogen-bond acceptors (Lipinski definition) is 3. The maximum atomic E-state index is 14.0. The zero-order valence-electron chi connectivity index (χ0n) is 12.3. The lowest BCUT2D eigenvalue weighted by molar-refractivity contribution is -0.137. The Morgan fingerprint density at radius 1 is 1.45 bits per heavy atom. The van der Waals surface area contributed by atoms with E-state index in [1.54, 1.807) is 6.92 Å². The first-order valence-corrected chi connectivity index (χ1v) is 7.33. The fourth-order valence-corrected chi connectivity index (χ4v) is 3.17. The van der Waals surface area contributed by atoms with E-state index in [2.05, 4.69) is 4.98 Å². The molecule has 0 aliphatic carbocycles. The molecule has 3 heterocycles. The summed E-state index contributed by atoms with van der Waals surface area (Å²) in [5.74, 6) is -3.23. The standard InChI is InChI=1S/C14H18F2N4O2/c1-10-2-4-20(12(10)21)11-6-14(15,16)8-19(7-11)13(22)18-5-3-17-9-18/h3,5,9-11H,2,4,6-8H2,1H3. The number of likely N-dealkylation sites (tertiary alicyclic amines) is 2. The van der Waals surface area contributed by atoms with Gasteiger partial charge in [0.05, 0.1) is 12.6 Å². The topological polar surface area (TPSA) is 58.4 Å². The number of alkyl halides is 2. The predicted molar refractivity (Wildman–Crippen MR) is 73.4 cm³/mol. The maximum Gasteiger partial charge on any atom is 0.329 e. The predicted octanol–water partition coefficient (Wildman–Crippen LogP) is 1.43. The molecule has 2 atom stereocenters. The molecule has 2 aliphatic heterocycles. The zero-order chi connectivity index (χ0) is 15.9. The lowest BCUT2D eigenvalue weighted by atomic mass is 10.0. The fraction of sp³-hybridized carbons (Fsp3) is 0.643. The number of rotatable bonds is 1. The van der Waals surface area contributed by atoms with E-state index < -0.39 is 24.5 Å². The second-order valence-corrected chi connectivity index (χ2v) is 6.07. The van der Waals surface area contributed by atoms with Crippen LogP contribution in [0.25, 0.3) is 0 Å². The molecule has 8 heteroatoms. The minimum absolute atomic E-state index is 0.0993. The SMILES string of the molecule is CC1CCN(C2CN(C(=O)n3ccnc3)CC(F)(F)C2)C1=O. The van der Waals surface area contributed by atoms with Crippen molar-refractivity contribution in [1.82, 2.24) is 19.4 Å². The number of imidazole rings is 1. The van der Waals surface area contributed by atoms with Gasteiger partial charge in [-0.15, -0.1) is 0 Å². The van der Waals surface area contributed by atoms with Crippen LogP contribution in [0.15, 0.2) is 18.7 Å². The van der Waals surface area contributed by atoms with Crippen molar-refractivity contribution in [3.05, 3.63) is 18.7 Å². The molecule has 0 bridgehead atoms. The molecular formula is C14H18F2N4O2. The number of amides is 2. The van der Waals surface area contributed by atoms with Crippen LogP contribution in [0, 0.1) is 5.92 Å². The lowest BCUT2D eigenvalue weighted by Crippen LogP contribution is -2.57. The number of piperidine rings is 1. The summed E-state index contributed by atoms with van der Waals surface area (Å²) in [6, 6.07) is -1.17. The quantitative estimate of drug-likeness (QED) is 0.788. The van der Waals surface area contributed by atoms with Crippen LogP contribution in [-0.4, -0.2) is 62.9 Å². The molecule has 2 unspecified atom stereocenters. The molecule has 2 aliphatic rings. The van der Waals surface area contributed by atoms with Crippen LogP contribution in [-0.2, 0) is 4.79 Å². The molecule has 0 radical (unpaired) electrons. The Labute approximate surface area is 126 Å². The van der Waals surface area contributed by atoms with Gasteiger partial charge < -0.3 is 9.80 Å². The van der Waals surface area contributed by atoms with Crippen molar-refractivity contribution in [2.75, 3.05) is 19.6 Å². The number of hydrogen-bond donors (Lipinski definition) is 0. The van der Waals surface area contributed by atoms with Crippen molar-refractivity contribution in [3.63, 3.8) is 0 Å². The van der Waals surface area contributed by atoms with E-state index in [9.17, 15) is 18.4 Å². The molecule has 22 heavy (non-hydrogen) atoms. The van der Waals surface area contributed by atoms with Gasteiger partial charge in [-0.3, -0.25) is 9.36 Å². The second kappa shape index (κ2) is 5.33. The van der Waals surface area contributed by atoms with Gasteiger partial charge in [-0.2, -0.15) is 0 Å². The maximum absolute atomic E-state index is 14.0. The van der Waals surface area contributed by atoms with Crippen LogP contribution < -0.4 is 0 Å². The van der Waals surface area contributed by atoms with E-state index in [1.807, 2.05) is 0 Å². The Bertz CT molecular complexity index is 575. The summed E-state index contributed by atoms with van der Waals surface area (Å²) in [4.78, 5) is 30.7. The van der Waals surface area contributed by atoms with Gasteiger partial charge in [-0.1, -0.05) is 6.92 Å². The molecule has 0 spiro atoms. The average molecular weight is 312 g/mol. The van der Waals surface area contributed by atoms with E-state index in [0.717, 1.165) is 4.90 Å². The molecule has 1 aromatic heterocycles. The average Bonchev–Trinajstić information content (AvgIpc) is 3.08. The minimum atomic E-state index is -2.99. The number of carbonyl (C=O) groups is 2. The number of carbonyl (C=O) groups excluding carboxylic acids is 2. The molecule has 2 saturated heterocycles. The summed E-state index contributed by atoms with van der Waals surface area (Å²) < 4.78 is 29.2. The summed E-state index contributed by atoms with van der Waals surface area (Å²) in [5, 5.41) is 0. The Balaban J connectivity index is 1.79. The van der Waals surface area contributed by atoms with Crippen LogP contribution in [0.3, 0.4) is 0 Å². The van der Waals surface area contributed by atoms with Crippen LogP contribution in [0.2, 0.25) is 0 Å². The molecule has 6 nitrogen and oxygen atoms in total. The van der Waals surface area contributed by atoms with Crippen molar-refractivity contribution >= 4 is 11.9 Å². The van der Waals surface area contributed by atoms with Crippen molar-refractivity contribution in [2.24, 2.45) is 5.92 Å². The molecule has 0 aromatic carbocycles. The molecule has 1 aromatic rings. The van der Waals surface area contributed by atoms with Crippen LogP contribution in [0.4, 0.5) is 13.6 Å².